The quantitative estimate of drug-likeness (QED) is 0.260. The zero-order valence-electron chi connectivity index (χ0n) is 13.8. The molecule has 7 heteroatoms. The van der Waals surface area contributed by atoms with E-state index in [1.165, 1.54) is 0 Å². The lowest BCUT2D eigenvalue weighted by Gasteiger charge is -2.11. The Morgan fingerprint density at radius 1 is 1.22 bits per heavy atom. The summed E-state index contributed by atoms with van der Waals surface area (Å²) in [6, 6.07) is 8.11. The van der Waals surface area contributed by atoms with Crippen LogP contribution >= 0.6 is 24.0 Å². The van der Waals surface area contributed by atoms with Crippen LogP contribution in [-0.2, 0) is 11.2 Å². The van der Waals surface area contributed by atoms with Gasteiger partial charge in [0.1, 0.15) is 5.82 Å². The number of aromatic nitrogens is 2. The molecule has 3 N–H and O–H groups in total. The van der Waals surface area contributed by atoms with Crippen molar-refractivity contribution < 1.29 is 4.74 Å². The van der Waals surface area contributed by atoms with Crippen LogP contribution in [0.1, 0.15) is 18.7 Å². The van der Waals surface area contributed by atoms with Crippen LogP contribution in [0.25, 0.3) is 11.0 Å². The van der Waals surface area contributed by atoms with Crippen molar-refractivity contribution in [3.05, 3.63) is 30.1 Å². The Bertz CT molecular complexity index is 566. The molecule has 2 rings (SSSR count). The third-order valence-corrected chi connectivity index (χ3v) is 3.36. The van der Waals surface area contributed by atoms with Crippen LogP contribution in [0.15, 0.2) is 29.3 Å². The fourth-order valence-electron chi connectivity index (χ4n) is 2.23. The lowest BCUT2D eigenvalue weighted by Crippen LogP contribution is -2.38. The summed E-state index contributed by atoms with van der Waals surface area (Å²) in [7, 11) is 3.50. The number of nitrogens with zero attached hydrogens (tertiary/aromatic N) is 2. The number of imidazole rings is 1. The number of ether oxygens (including phenoxy) is 1. The molecule has 0 unspecified atom stereocenters. The van der Waals surface area contributed by atoms with Gasteiger partial charge in [0.2, 0.25) is 0 Å². The summed E-state index contributed by atoms with van der Waals surface area (Å²) in [5, 5.41) is 6.57. The van der Waals surface area contributed by atoms with E-state index in [0.717, 1.165) is 61.8 Å². The van der Waals surface area contributed by atoms with Gasteiger partial charge in [-0.1, -0.05) is 12.1 Å². The Kier molecular flexibility index (Phi) is 9.61. The van der Waals surface area contributed by atoms with Gasteiger partial charge in [0.05, 0.1) is 11.0 Å². The van der Waals surface area contributed by atoms with E-state index < -0.39 is 0 Å². The second-order valence-electron chi connectivity index (χ2n) is 5.08. The molecule has 0 atom stereocenters. The van der Waals surface area contributed by atoms with Gasteiger partial charge in [0, 0.05) is 40.3 Å². The van der Waals surface area contributed by atoms with Crippen molar-refractivity contribution in [1.82, 2.24) is 20.6 Å². The summed E-state index contributed by atoms with van der Waals surface area (Å²) in [5.74, 6) is 1.87. The van der Waals surface area contributed by atoms with E-state index in [-0.39, 0.29) is 24.0 Å². The molecule has 0 aliphatic rings. The molecule has 1 aromatic carbocycles. The lowest BCUT2D eigenvalue weighted by atomic mass is 10.3. The summed E-state index contributed by atoms with van der Waals surface area (Å²) < 4.78 is 5.02. The van der Waals surface area contributed by atoms with Gasteiger partial charge in [-0.25, -0.2) is 4.98 Å². The number of H-pyrrole nitrogens is 1. The summed E-state index contributed by atoms with van der Waals surface area (Å²) in [4.78, 5) is 12.1. The van der Waals surface area contributed by atoms with Crippen molar-refractivity contribution in [1.29, 1.82) is 0 Å². The number of guanidine groups is 1. The lowest BCUT2D eigenvalue weighted by molar-refractivity contribution is 0.195. The SMILES string of the molecule is CN=C(NCCCOC)NCCCc1nc2ccccc2[nH]1.I. The maximum atomic E-state index is 5.02. The fourth-order valence-corrected chi connectivity index (χ4v) is 2.23. The summed E-state index contributed by atoms with van der Waals surface area (Å²) >= 11 is 0. The van der Waals surface area contributed by atoms with Gasteiger partial charge < -0.3 is 20.4 Å². The van der Waals surface area contributed by atoms with Crippen molar-refractivity contribution in [2.45, 2.75) is 19.3 Å². The first-order valence-corrected chi connectivity index (χ1v) is 7.70. The predicted molar refractivity (Wildman–Crippen MR) is 106 cm³/mol. The first-order valence-electron chi connectivity index (χ1n) is 7.70. The molecule has 1 heterocycles. The van der Waals surface area contributed by atoms with Gasteiger partial charge in [0.25, 0.3) is 0 Å². The summed E-state index contributed by atoms with van der Waals surface area (Å²) in [5.41, 5.74) is 2.13. The number of aromatic amines is 1. The highest BCUT2D eigenvalue weighted by Crippen LogP contribution is 2.10. The van der Waals surface area contributed by atoms with E-state index >= 15 is 0 Å². The smallest absolute Gasteiger partial charge is 0.190 e. The molecule has 128 valence electrons. The molecule has 6 nitrogen and oxygen atoms in total. The minimum Gasteiger partial charge on any atom is -0.385 e. The number of benzene rings is 1. The van der Waals surface area contributed by atoms with Crippen LogP contribution in [0.3, 0.4) is 0 Å². The average Bonchev–Trinajstić information content (AvgIpc) is 2.96. The van der Waals surface area contributed by atoms with E-state index in [4.69, 9.17) is 4.74 Å². The summed E-state index contributed by atoms with van der Waals surface area (Å²) in [6.45, 7) is 2.48. The van der Waals surface area contributed by atoms with E-state index in [1.54, 1.807) is 14.2 Å². The number of hydrogen-bond acceptors (Lipinski definition) is 3. The number of halogens is 1. The van der Waals surface area contributed by atoms with E-state index in [9.17, 15) is 0 Å². The predicted octanol–water partition coefficient (Wildman–Crippen LogP) is 2.31. The van der Waals surface area contributed by atoms with Crippen molar-refractivity contribution in [2.24, 2.45) is 4.99 Å². The third-order valence-electron chi connectivity index (χ3n) is 3.36. The van der Waals surface area contributed by atoms with Crippen molar-refractivity contribution in [3.8, 4) is 0 Å². The zero-order valence-corrected chi connectivity index (χ0v) is 16.1. The molecule has 0 saturated heterocycles. The summed E-state index contributed by atoms with van der Waals surface area (Å²) in [6.07, 6.45) is 2.89. The van der Waals surface area contributed by atoms with E-state index in [0.29, 0.717) is 0 Å². The molecule has 2 aromatic rings. The van der Waals surface area contributed by atoms with E-state index in [1.807, 2.05) is 18.2 Å². The largest absolute Gasteiger partial charge is 0.385 e. The van der Waals surface area contributed by atoms with Crippen LogP contribution in [-0.4, -0.2) is 49.8 Å². The molecule has 0 aliphatic heterocycles. The Hall–Kier alpha value is -1.35. The standard InChI is InChI=1S/C16H25N5O.HI/c1-17-16(19-11-6-12-22-2)18-10-5-9-15-20-13-7-3-4-8-14(13)21-15;/h3-4,7-8H,5-6,9-12H2,1-2H3,(H,20,21)(H2,17,18,19);1H. The number of aryl methyl sites for hydroxylation is 1. The second-order valence-corrected chi connectivity index (χ2v) is 5.08. The van der Waals surface area contributed by atoms with Crippen LogP contribution < -0.4 is 10.6 Å². The number of hydrogen-bond donors (Lipinski definition) is 3. The van der Waals surface area contributed by atoms with Crippen molar-refractivity contribution in [3.63, 3.8) is 0 Å². The Balaban J connectivity index is 0.00000264. The van der Waals surface area contributed by atoms with Gasteiger partial charge in [0.15, 0.2) is 5.96 Å². The molecule has 0 spiro atoms. The molecule has 0 bridgehead atoms. The Morgan fingerprint density at radius 2 is 1.96 bits per heavy atom. The number of aliphatic imine (C=N–C) groups is 1. The molecular weight excluding hydrogens is 405 g/mol. The molecule has 23 heavy (non-hydrogen) atoms. The average molecular weight is 431 g/mol. The third kappa shape index (κ3) is 6.74. The first kappa shape index (κ1) is 19.7. The first-order chi connectivity index (χ1) is 10.8. The molecule has 0 radical (unpaired) electrons. The molecule has 0 amide bonds. The molecule has 1 aromatic heterocycles. The minimum absolute atomic E-state index is 0. The van der Waals surface area contributed by atoms with Gasteiger partial charge >= 0.3 is 0 Å². The van der Waals surface area contributed by atoms with Gasteiger partial charge in [-0.2, -0.15) is 0 Å². The number of fused-ring (bicyclic) bond motifs is 1. The maximum absolute atomic E-state index is 5.02. The van der Waals surface area contributed by atoms with Crippen molar-refractivity contribution >= 4 is 41.0 Å². The Labute approximate surface area is 154 Å². The van der Waals surface area contributed by atoms with Gasteiger partial charge in [-0.3, -0.25) is 4.99 Å². The number of nitrogens with one attached hydrogen (secondary N) is 3. The highest BCUT2D eigenvalue weighted by molar-refractivity contribution is 14.0. The maximum Gasteiger partial charge on any atom is 0.190 e. The molecule has 0 aliphatic carbocycles. The normalized spacial score (nSPS) is 11.3. The highest BCUT2D eigenvalue weighted by Gasteiger charge is 2.02. The van der Waals surface area contributed by atoms with E-state index in [2.05, 4.69) is 31.7 Å². The van der Waals surface area contributed by atoms with Crippen LogP contribution in [0.2, 0.25) is 0 Å². The molecule has 0 saturated carbocycles. The Morgan fingerprint density at radius 3 is 2.65 bits per heavy atom. The van der Waals surface area contributed by atoms with Gasteiger partial charge in [-0.15, -0.1) is 24.0 Å². The topological polar surface area (TPSA) is 74.3 Å². The van der Waals surface area contributed by atoms with Crippen LogP contribution in [0, 0.1) is 0 Å². The monoisotopic (exact) mass is 431 g/mol. The van der Waals surface area contributed by atoms with Gasteiger partial charge in [-0.05, 0) is 25.0 Å². The zero-order chi connectivity index (χ0) is 15.6. The number of methoxy groups -OCH3 is 1. The number of rotatable bonds is 8. The van der Waals surface area contributed by atoms with Crippen LogP contribution in [0.5, 0.6) is 0 Å². The molecular formula is C16H26IN5O. The van der Waals surface area contributed by atoms with Crippen molar-refractivity contribution in [2.75, 3.05) is 33.9 Å². The van der Waals surface area contributed by atoms with Crippen LogP contribution in [0.4, 0.5) is 0 Å². The fraction of sp³-hybridized carbons (Fsp3) is 0.500. The second kappa shape index (κ2) is 11.2. The number of para-hydroxylation sites is 2. The minimum atomic E-state index is 0. The molecule has 0 fully saturated rings. The highest BCUT2D eigenvalue weighted by atomic mass is 127.